The van der Waals surface area contributed by atoms with Crippen LogP contribution in [0.25, 0.3) is 5.82 Å². The smallest absolute Gasteiger partial charge is 0.260 e. The highest BCUT2D eigenvalue weighted by atomic mass is 16.5. The van der Waals surface area contributed by atoms with Crippen molar-refractivity contribution in [3.05, 3.63) is 69.6 Å². The van der Waals surface area contributed by atoms with Crippen LogP contribution in [-0.4, -0.2) is 26.4 Å². The fraction of sp³-hybridized carbons (Fsp3) is 0.222. The number of amides is 1. The summed E-state index contributed by atoms with van der Waals surface area (Å²) in [7, 11) is 0. The Hall–Kier alpha value is -3.42. The van der Waals surface area contributed by atoms with Crippen LogP contribution in [0.15, 0.2) is 50.9 Å². The molecule has 0 saturated carbocycles. The van der Waals surface area contributed by atoms with Crippen molar-refractivity contribution in [2.24, 2.45) is 5.10 Å². The number of aromatic nitrogens is 3. The van der Waals surface area contributed by atoms with E-state index in [1.54, 1.807) is 24.5 Å². The summed E-state index contributed by atoms with van der Waals surface area (Å²) < 4.78 is 8.38. The molecule has 0 fully saturated rings. The molecular weight excluding hydrogens is 334 g/mol. The van der Waals surface area contributed by atoms with Crippen molar-refractivity contribution in [1.82, 2.24) is 19.7 Å². The van der Waals surface area contributed by atoms with Crippen LogP contribution in [0.4, 0.5) is 0 Å². The summed E-state index contributed by atoms with van der Waals surface area (Å²) in [6, 6.07) is 8.51. The second kappa shape index (κ2) is 7.22. The van der Waals surface area contributed by atoms with Crippen molar-refractivity contribution in [3.63, 3.8) is 0 Å². The van der Waals surface area contributed by atoms with E-state index in [1.807, 2.05) is 37.5 Å². The Morgan fingerprint density at radius 1 is 1.31 bits per heavy atom. The number of hydrogen-bond donors (Lipinski definition) is 1. The Balaban J connectivity index is 1.70. The number of nitrogens with one attached hydrogen (secondary N) is 1. The largest absolute Gasteiger partial charge is 0.360 e. The van der Waals surface area contributed by atoms with Gasteiger partial charge in [0.15, 0.2) is 5.82 Å². The average molecular weight is 353 g/mol. The topological polar surface area (TPSA) is 94.4 Å². The monoisotopic (exact) mass is 353 g/mol. The van der Waals surface area contributed by atoms with Crippen molar-refractivity contribution >= 4 is 12.1 Å². The van der Waals surface area contributed by atoms with E-state index in [4.69, 9.17) is 4.52 Å². The first-order valence-electron chi connectivity index (χ1n) is 8.05. The van der Waals surface area contributed by atoms with Gasteiger partial charge in [-0.3, -0.25) is 14.2 Å². The molecule has 0 radical (unpaired) electrons. The number of hydrogen-bond acceptors (Lipinski definition) is 5. The summed E-state index contributed by atoms with van der Waals surface area (Å²) in [6.45, 7) is 5.63. The van der Waals surface area contributed by atoms with Gasteiger partial charge >= 0.3 is 0 Å². The lowest BCUT2D eigenvalue weighted by atomic mass is 10.3. The zero-order chi connectivity index (χ0) is 18.7. The van der Waals surface area contributed by atoms with Crippen molar-refractivity contribution in [2.75, 3.05) is 0 Å². The van der Waals surface area contributed by atoms with E-state index in [-0.39, 0.29) is 18.0 Å². The molecule has 0 saturated heterocycles. The number of rotatable bonds is 5. The number of carbonyl (C=O) groups is 1. The predicted molar refractivity (Wildman–Crippen MR) is 96.5 cm³/mol. The van der Waals surface area contributed by atoms with Gasteiger partial charge in [0, 0.05) is 35.3 Å². The van der Waals surface area contributed by atoms with E-state index in [2.05, 4.69) is 15.7 Å². The number of aryl methyl sites for hydroxylation is 2. The maximum atomic E-state index is 11.9. The normalized spacial score (nSPS) is 11.2. The molecule has 134 valence electrons. The van der Waals surface area contributed by atoms with Gasteiger partial charge in [0.25, 0.3) is 11.5 Å². The fourth-order valence-electron chi connectivity index (χ4n) is 2.68. The van der Waals surface area contributed by atoms with Crippen LogP contribution in [0.3, 0.4) is 0 Å². The molecule has 0 aliphatic heterocycles. The highest BCUT2D eigenvalue weighted by molar-refractivity contribution is 5.84. The van der Waals surface area contributed by atoms with E-state index in [1.165, 1.54) is 10.6 Å². The number of pyridine rings is 1. The Bertz CT molecular complexity index is 1030. The van der Waals surface area contributed by atoms with Crippen LogP contribution >= 0.6 is 0 Å². The summed E-state index contributed by atoms with van der Waals surface area (Å²) in [5.41, 5.74) is 4.94. The Labute approximate surface area is 149 Å². The summed E-state index contributed by atoms with van der Waals surface area (Å²) in [5, 5.41) is 8.01. The Morgan fingerprint density at radius 2 is 2.12 bits per heavy atom. The zero-order valence-electron chi connectivity index (χ0n) is 14.8. The molecule has 8 heteroatoms. The molecule has 0 aliphatic carbocycles. The Morgan fingerprint density at radius 3 is 2.81 bits per heavy atom. The molecule has 1 N–H and O–H groups in total. The average Bonchev–Trinajstić information content (AvgIpc) is 3.13. The van der Waals surface area contributed by atoms with Gasteiger partial charge in [0.05, 0.1) is 6.21 Å². The van der Waals surface area contributed by atoms with Gasteiger partial charge in [0.2, 0.25) is 0 Å². The third-order valence-electron chi connectivity index (χ3n) is 3.92. The van der Waals surface area contributed by atoms with E-state index in [0.29, 0.717) is 5.82 Å². The standard InChI is InChI=1S/C18H19N5O3/c1-12-8-15(14(3)23(12)16-9-13(2)26-21-16)10-19-20-17(24)11-22-7-5-4-6-18(22)25/h4-10H,11H2,1-3H3,(H,20,24)/b19-10-. The van der Waals surface area contributed by atoms with Gasteiger partial charge in [0.1, 0.15) is 12.3 Å². The van der Waals surface area contributed by atoms with Crippen LogP contribution in [-0.2, 0) is 11.3 Å². The first kappa shape index (κ1) is 17.4. The minimum absolute atomic E-state index is 0.0890. The van der Waals surface area contributed by atoms with E-state index in [9.17, 15) is 9.59 Å². The van der Waals surface area contributed by atoms with Gasteiger partial charge in [-0.2, -0.15) is 5.10 Å². The minimum atomic E-state index is -0.379. The molecule has 0 bridgehead atoms. The van der Waals surface area contributed by atoms with Gasteiger partial charge in [-0.1, -0.05) is 11.2 Å². The summed E-state index contributed by atoms with van der Waals surface area (Å²) in [4.78, 5) is 23.5. The maximum Gasteiger partial charge on any atom is 0.260 e. The van der Waals surface area contributed by atoms with Crippen molar-refractivity contribution in [2.45, 2.75) is 27.3 Å². The first-order chi connectivity index (χ1) is 12.5. The minimum Gasteiger partial charge on any atom is -0.360 e. The third kappa shape index (κ3) is 3.64. The molecule has 1 amide bonds. The third-order valence-corrected chi connectivity index (χ3v) is 3.92. The molecule has 8 nitrogen and oxygen atoms in total. The molecule has 0 unspecified atom stereocenters. The van der Waals surface area contributed by atoms with Crippen LogP contribution in [0.2, 0.25) is 0 Å². The van der Waals surface area contributed by atoms with Gasteiger partial charge < -0.3 is 9.09 Å². The molecule has 0 atom stereocenters. The molecule has 3 heterocycles. The van der Waals surface area contributed by atoms with Crippen LogP contribution in [0.1, 0.15) is 22.7 Å². The molecule has 3 rings (SSSR count). The van der Waals surface area contributed by atoms with Crippen molar-refractivity contribution in [1.29, 1.82) is 0 Å². The second-order valence-electron chi connectivity index (χ2n) is 5.92. The SMILES string of the molecule is Cc1cc(-n2c(C)cc(/C=N\NC(=O)Cn3ccccc3=O)c2C)no1. The van der Waals surface area contributed by atoms with E-state index < -0.39 is 0 Å². The van der Waals surface area contributed by atoms with Crippen molar-refractivity contribution < 1.29 is 9.32 Å². The summed E-state index contributed by atoms with van der Waals surface area (Å²) >= 11 is 0. The lowest BCUT2D eigenvalue weighted by Crippen LogP contribution is -2.29. The number of nitrogens with zero attached hydrogens (tertiary/aromatic N) is 4. The Kier molecular flexibility index (Phi) is 4.83. The maximum absolute atomic E-state index is 11.9. The van der Waals surface area contributed by atoms with Gasteiger partial charge in [-0.15, -0.1) is 0 Å². The molecule has 0 spiro atoms. The lowest BCUT2D eigenvalue weighted by Gasteiger charge is -2.04. The highest BCUT2D eigenvalue weighted by Gasteiger charge is 2.12. The molecule has 0 aliphatic rings. The van der Waals surface area contributed by atoms with E-state index in [0.717, 1.165) is 22.7 Å². The molecule has 3 aromatic rings. The van der Waals surface area contributed by atoms with Crippen LogP contribution < -0.4 is 11.0 Å². The van der Waals surface area contributed by atoms with Crippen molar-refractivity contribution in [3.8, 4) is 5.82 Å². The highest BCUT2D eigenvalue weighted by Crippen LogP contribution is 2.19. The zero-order valence-corrected chi connectivity index (χ0v) is 14.8. The van der Waals surface area contributed by atoms with Crippen LogP contribution in [0.5, 0.6) is 0 Å². The predicted octanol–water partition coefficient (Wildman–Crippen LogP) is 1.70. The molecular formula is C18H19N5O3. The quantitative estimate of drug-likeness (QED) is 0.558. The number of carbonyl (C=O) groups excluding carboxylic acids is 1. The van der Waals surface area contributed by atoms with Gasteiger partial charge in [-0.05, 0) is 32.9 Å². The lowest BCUT2D eigenvalue weighted by molar-refractivity contribution is -0.121. The fourth-order valence-corrected chi connectivity index (χ4v) is 2.68. The van der Waals surface area contributed by atoms with E-state index >= 15 is 0 Å². The second-order valence-corrected chi connectivity index (χ2v) is 5.92. The molecule has 0 aromatic carbocycles. The molecule has 3 aromatic heterocycles. The summed E-state index contributed by atoms with van der Waals surface area (Å²) in [5.74, 6) is 1.05. The van der Waals surface area contributed by atoms with Crippen LogP contribution in [0, 0.1) is 20.8 Å². The number of hydrazone groups is 1. The van der Waals surface area contributed by atoms with Gasteiger partial charge in [-0.25, -0.2) is 5.43 Å². The summed E-state index contributed by atoms with van der Waals surface area (Å²) in [6.07, 6.45) is 3.12. The first-order valence-corrected chi connectivity index (χ1v) is 8.05. The molecule has 26 heavy (non-hydrogen) atoms.